The van der Waals surface area contributed by atoms with E-state index in [0.717, 1.165) is 18.4 Å². The molecule has 0 amide bonds. The molecule has 1 heterocycles. The average Bonchev–Trinajstić information content (AvgIpc) is 3.40. The number of ether oxygens (including phenoxy) is 1. The highest BCUT2D eigenvalue weighted by atomic mass is 16.6. The number of nitriles is 1. The SMILES string of the molecule is CC1=C(C(=O)OC(C)(C)CC#N)c2c(C#CC(C)(O)C3CC3)cn(C)c(=O)c2C1. The highest BCUT2D eigenvalue weighted by Crippen LogP contribution is 2.39. The van der Waals surface area contributed by atoms with Crippen molar-refractivity contribution in [1.29, 1.82) is 5.26 Å². The number of aryl methyl sites for hydroxylation is 1. The number of aliphatic hydroxyl groups is 1. The third-order valence-corrected chi connectivity index (χ3v) is 5.49. The summed E-state index contributed by atoms with van der Waals surface area (Å²) >= 11 is 0. The van der Waals surface area contributed by atoms with Gasteiger partial charge in [0.25, 0.3) is 5.56 Å². The van der Waals surface area contributed by atoms with E-state index in [1.54, 1.807) is 40.9 Å². The van der Waals surface area contributed by atoms with Crippen molar-refractivity contribution < 1.29 is 14.6 Å². The number of esters is 1. The van der Waals surface area contributed by atoms with Crippen molar-refractivity contribution in [2.24, 2.45) is 13.0 Å². The molecule has 0 bridgehead atoms. The predicted octanol–water partition coefficient (Wildman–Crippen LogP) is 2.46. The molecule has 3 rings (SSSR count). The Bertz CT molecular complexity index is 1070. The molecule has 2 aliphatic rings. The van der Waals surface area contributed by atoms with Crippen LogP contribution in [0.25, 0.3) is 5.57 Å². The molecule has 1 aromatic heterocycles. The number of carbonyl (C=O) groups is 1. The summed E-state index contributed by atoms with van der Waals surface area (Å²) in [6.45, 7) is 6.85. The molecule has 0 aromatic carbocycles. The van der Waals surface area contributed by atoms with Crippen molar-refractivity contribution in [3.8, 4) is 17.9 Å². The van der Waals surface area contributed by atoms with E-state index in [4.69, 9.17) is 10.00 Å². The number of rotatable bonds is 4. The van der Waals surface area contributed by atoms with Gasteiger partial charge in [-0.25, -0.2) is 4.79 Å². The van der Waals surface area contributed by atoms with Gasteiger partial charge in [-0.2, -0.15) is 5.26 Å². The van der Waals surface area contributed by atoms with Gasteiger partial charge >= 0.3 is 5.97 Å². The Morgan fingerprint density at radius 3 is 2.62 bits per heavy atom. The normalized spacial score (nSPS) is 17.7. The van der Waals surface area contributed by atoms with Gasteiger partial charge in [0, 0.05) is 36.4 Å². The molecule has 1 fully saturated rings. The molecule has 152 valence electrons. The Morgan fingerprint density at radius 2 is 2.03 bits per heavy atom. The Morgan fingerprint density at radius 1 is 1.38 bits per heavy atom. The van der Waals surface area contributed by atoms with Crippen LogP contribution in [0.2, 0.25) is 0 Å². The van der Waals surface area contributed by atoms with Crippen molar-refractivity contribution in [2.75, 3.05) is 0 Å². The first-order valence-corrected chi connectivity index (χ1v) is 9.75. The molecule has 6 heteroatoms. The lowest BCUT2D eigenvalue weighted by molar-refractivity contribution is -0.148. The van der Waals surface area contributed by atoms with Crippen LogP contribution in [0.1, 0.15) is 63.6 Å². The number of hydrogen-bond acceptors (Lipinski definition) is 5. The minimum Gasteiger partial charge on any atom is -0.455 e. The van der Waals surface area contributed by atoms with Crippen LogP contribution in [0.15, 0.2) is 16.6 Å². The Balaban J connectivity index is 2.08. The standard InChI is InChI=1S/C23H26N2O4/c1-14-12-17-19(18(14)21(27)29-22(2,3)10-11-24)15(13-25(5)20(17)26)8-9-23(4,28)16-6-7-16/h13,16,28H,6-7,10,12H2,1-5H3. The van der Waals surface area contributed by atoms with Crippen molar-refractivity contribution in [3.63, 3.8) is 0 Å². The predicted molar refractivity (Wildman–Crippen MR) is 109 cm³/mol. The minimum atomic E-state index is -1.10. The second-order valence-corrected chi connectivity index (χ2v) is 8.80. The molecule has 1 unspecified atom stereocenters. The molecule has 1 atom stereocenters. The van der Waals surface area contributed by atoms with Gasteiger partial charge in [-0.05, 0) is 46.5 Å². The van der Waals surface area contributed by atoms with Crippen LogP contribution in [-0.4, -0.2) is 26.8 Å². The second-order valence-electron chi connectivity index (χ2n) is 8.80. The van der Waals surface area contributed by atoms with Crippen LogP contribution < -0.4 is 5.56 Å². The van der Waals surface area contributed by atoms with Gasteiger partial charge in [0.05, 0.1) is 18.1 Å². The number of carbonyl (C=O) groups excluding carboxylic acids is 1. The fourth-order valence-corrected chi connectivity index (χ4v) is 3.66. The lowest BCUT2D eigenvalue weighted by Crippen LogP contribution is -2.29. The second kappa shape index (κ2) is 7.21. The van der Waals surface area contributed by atoms with Gasteiger partial charge in [0.15, 0.2) is 0 Å². The van der Waals surface area contributed by atoms with Gasteiger partial charge in [0.1, 0.15) is 11.2 Å². The number of allylic oxidation sites excluding steroid dienone is 1. The zero-order valence-corrected chi connectivity index (χ0v) is 17.5. The van der Waals surface area contributed by atoms with Crippen molar-refractivity contribution >= 4 is 11.5 Å². The van der Waals surface area contributed by atoms with Gasteiger partial charge in [-0.15, -0.1) is 0 Å². The zero-order chi connectivity index (χ0) is 21.6. The minimum absolute atomic E-state index is 0.0609. The maximum absolute atomic E-state index is 13.0. The summed E-state index contributed by atoms with van der Waals surface area (Å²) < 4.78 is 7.04. The number of hydrogen-bond donors (Lipinski definition) is 1. The topological polar surface area (TPSA) is 92.3 Å². The first kappa shape index (κ1) is 20.9. The molecule has 0 saturated heterocycles. The van der Waals surface area contributed by atoms with Crippen LogP contribution in [0.3, 0.4) is 0 Å². The van der Waals surface area contributed by atoms with Crippen molar-refractivity contribution in [1.82, 2.24) is 4.57 Å². The summed E-state index contributed by atoms with van der Waals surface area (Å²) in [5.41, 5.74) is 0.354. The number of nitrogens with zero attached hydrogens (tertiary/aromatic N) is 2. The average molecular weight is 394 g/mol. The van der Waals surface area contributed by atoms with Crippen molar-refractivity contribution in [3.05, 3.63) is 38.8 Å². The largest absolute Gasteiger partial charge is 0.455 e. The highest BCUT2D eigenvalue weighted by molar-refractivity contribution is 6.20. The molecule has 0 spiro atoms. The summed E-state index contributed by atoms with van der Waals surface area (Å²) in [7, 11) is 1.65. The van der Waals surface area contributed by atoms with E-state index in [9.17, 15) is 14.7 Å². The molecule has 29 heavy (non-hydrogen) atoms. The molecule has 1 saturated carbocycles. The third kappa shape index (κ3) is 4.13. The van der Waals surface area contributed by atoms with Gasteiger partial charge < -0.3 is 14.4 Å². The zero-order valence-electron chi connectivity index (χ0n) is 17.5. The summed E-state index contributed by atoms with van der Waals surface area (Å²) in [4.78, 5) is 25.7. The molecule has 0 aliphatic heterocycles. The van der Waals surface area contributed by atoms with E-state index in [2.05, 4.69) is 11.8 Å². The number of pyridine rings is 1. The quantitative estimate of drug-likeness (QED) is 0.626. The summed E-state index contributed by atoms with van der Waals surface area (Å²) in [6, 6.07) is 2.02. The van der Waals surface area contributed by atoms with Crippen LogP contribution in [0.5, 0.6) is 0 Å². The first-order chi connectivity index (χ1) is 13.5. The molecule has 0 radical (unpaired) electrons. The monoisotopic (exact) mass is 394 g/mol. The van der Waals surface area contributed by atoms with E-state index in [1.165, 1.54) is 4.57 Å². The first-order valence-electron chi connectivity index (χ1n) is 9.75. The number of fused-ring (bicyclic) bond motifs is 1. The van der Waals surface area contributed by atoms with Crippen LogP contribution in [0.4, 0.5) is 0 Å². The molecule has 6 nitrogen and oxygen atoms in total. The van der Waals surface area contributed by atoms with E-state index in [1.807, 2.05) is 6.07 Å². The van der Waals surface area contributed by atoms with E-state index in [0.29, 0.717) is 28.7 Å². The maximum Gasteiger partial charge on any atom is 0.339 e. The third-order valence-electron chi connectivity index (χ3n) is 5.49. The lowest BCUT2D eigenvalue weighted by atomic mass is 9.97. The highest BCUT2D eigenvalue weighted by Gasteiger charge is 2.39. The summed E-state index contributed by atoms with van der Waals surface area (Å²) in [5.74, 6) is 5.54. The Kier molecular flexibility index (Phi) is 5.19. The number of aromatic nitrogens is 1. The summed E-state index contributed by atoms with van der Waals surface area (Å²) in [6.07, 6.45) is 3.89. The molecule has 1 N–H and O–H groups in total. The van der Waals surface area contributed by atoms with Crippen LogP contribution >= 0.6 is 0 Å². The van der Waals surface area contributed by atoms with E-state index >= 15 is 0 Å². The van der Waals surface area contributed by atoms with Crippen molar-refractivity contribution in [2.45, 2.75) is 64.6 Å². The maximum atomic E-state index is 13.0. The van der Waals surface area contributed by atoms with Gasteiger partial charge in [0.2, 0.25) is 0 Å². The molecular weight excluding hydrogens is 368 g/mol. The fourth-order valence-electron chi connectivity index (χ4n) is 3.66. The van der Waals surface area contributed by atoms with Gasteiger partial charge in [-0.3, -0.25) is 4.79 Å². The van der Waals surface area contributed by atoms with Crippen LogP contribution in [0, 0.1) is 29.1 Å². The van der Waals surface area contributed by atoms with Crippen LogP contribution in [-0.2, 0) is 23.0 Å². The lowest BCUT2D eigenvalue weighted by Gasteiger charge is -2.23. The summed E-state index contributed by atoms with van der Waals surface area (Å²) in [5, 5.41) is 19.5. The van der Waals surface area contributed by atoms with E-state index < -0.39 is 17.2 Å². The van der Waals surface area contributed by atoms with Gasteiger partial charge in [-0.1, -0.05) is 17.4 Å². The Hall–Kier alpha value is -2.83. The smallest absolute Gasteiger partial charge is 0.339 e. The Labute approximate surface area is 170 Å². The molecule has 2 aliphatic carbocycles. The fraction of sp³-hybridized carbons (Fsp3) is 0.522. The van der Waals surface area contributed by atoms with E-state index in [-0.39, 0.29) is 17.9 Å². The molecular formula is C23H26N2O4. The molecule has 1 aromatic rings.